The predicted octanol–water partition coefficient (Wildman–Crippen LogP) is 2.14. The van der Waals surface area contributed by atoms with E-state index in [1.165, 1.54) is 20.3 Å². The first kappa shape index (κ1) is 17.3. The summed E-state index contributed by atoms with van der Waals surface area (Å²) in [6.07, 6.45) is -0.508. The summed E-state index contributed by atoms with van der Waals surface area (Å²) in [6, 6.07) is 4.59. The molecule has 0 aliphatic heterocycles. The van der Waals surface area contributed by atoms with Crippen LogP contribution in [0.15, 0.2) is 27.4 Å². The van der Waals surface area contributed by atoms with Gasteiger partial charge in [0.25, 0.3) is 0 Å². The highest BCUT2D eigenvalue weighted by Crippen LogP contribution is 2.38. The summed E-state index contributed by atoms with van der Waals surface area (Å²) in [5.41, 5.74) is -0.117. The van der Waals surface area contributed by atoms with Crippen molar-refractivity contribution in [2.45, 2.75) is 32.0 Å². The fourth-order valence-corrected chi connectivity index (χ4v) is 2.39. The average Bonchev–Trinajstić information content (AvgIpc) is 2.53. The number of fused-ring (bicyclic) bond motifs is 1. The van der Waals surface area contributed by atoms with Crippen LogP contribution in [0.5, 0.6) is 11.5 Å². The molecule has 1 atom stereocenters. The minimum atomic E-state index is -0.775. The van der Waals surface area contributed by atoms with Gasteiger partial charge in [-0.15, -0.1) is 0 Å². The van der Waals surface area contributed by atoms with Crippen LogP contribution in [0.4, 0.5) is 0 Å². The Morgan fingerprint density at radius 2 is 1.91 bits per heavy atom. The highest BCUT2D eigenvalue weighted by Gasteiger charge is 2.30. The molecule has 0 unspecified atom stereocenters. The monoisotopic (exact) mass is 322 g/mol. The number of hydrogen-bond donors (Lipinski definition) is 1. The zero-order chi connectivity index (χ0) is 17.2. The molecule has 1 aromatic heterocycles. The van der Waals surface area contributed by atoms with E-state index < -0.39 is 17.3 Å². The first-order valence-electron chi connectivity index (χ1n) is 7.25. The van der Waals surface area contributed by atoms with Crippen molar-refractivity contribution in [3.8, 4) is 11.5 Å². The van der Waals surface area contributed by atoms with Gasteiger partial charge < -0.3 is 23.7 Å². The summed E-state index contributed by atoms with van der Waals surface area (Å²) < 4.78 is 21.4. The summed E-state index contributed by atoms with van der Waals surface area (Å²) in [5.74, 6) is 0.990. The van der Waals surface area contributed by atoms with Crippen LogP contribution >= 0.6 is 0 Å². The summed E-state index contributed by atoms with van der Waals surface area (Å²) in [6.45, 7) is 3.60. The Morgan fingerprint density at radius 1 is 1.22 bits per heavy atom. The van der Waals surface area contributed by atoms with Gasteiger partial charge in [0, 0.05) is 31.2 Å². The van der Waals surface area contributed by atoms with Gasteiger partial charge in [-0.25, -0.2) is 4.79 Å². The lowest BCUT2D eigenvalue weighted by Gasteiger charge is -2.30. The largest absolute Gasteiger partial charge is 0.496 e. The van der Waals surface area contributed by atoms with Crippen LogP contribution in [0.25, 0.3) is 11.0 Å². The standard InChI is InChI=1S/C17H22O6/c1-17(2,22-5)14(18)8-11-12(20-3)9-13-10(16(11)21-4)6-7-15(19)23-13/h6-7,9,14,18H,8H2,1-5H3/t14-/m1/s1. The van der Waals surface area contributed by atoms with E-state index >= 15 is 0 Å². The SMILES string of the molecule is COc1cc2oc(=O)ccc2c(OC)c1C[C@@H](O)C(C)(C)OC. The lowest BCUT2D eigenvalue weighted by molar-refractivity contribution is -0.0767. The van der Waals surface area contributed by atoms with Crippen LogP contribution in [0.3, 0.4) is 0 Å². The van der Waals surface area contributed by atoms with Gasteiger partial charge in [0.15, 0.2) is 0 Å². The van der Waals surface area contributed by atoms with Crippen molar-refractivity contribution in [1.29, 1.82) is 0 Å². The molecule has 2 aromatic rings. The van der Waals surface area contributed by atoms with E-state index in [1.54, 1.807) is 33.1 Å². The molecule has 1 heterocycles. The van der Waals surface area contributed by atoms with Crippen molar-refractivity contribution >= 4 is 11.0 Å². The van der Waals surface area contributed by atoms with Crippen LogP contribution < -0.4 is 15.1 Å². The maximum absolute atomic E-state index is 11.4. The van der Waals surface area contributed by atoms with E-state index in [4.69, 9.17) is 18.6 Å². The molecule has 23 heavy (non-hydrogen) atoms. The van der Waals surface area contributed by atoms with Crippen LogP contribution in [-0.2, 0) is 11.2 Å². The summed E-state index contributed by atoms with van der Waals surface area (Å²) >= 11 is 0. The van der Waals surface area contributed by atoms with Gasteiger partial charge in [0.05, 0.1) is 31.3 Å². The highest BCUT2D eigenvalue weighted by molar-refractivity contribution is 5.87. The minimum Gasteiger partial charge on any atom is -0.496 e. The van der Waals surface area contributed by atoms with Gasteiger partial charge in [0.2, 0.25) is 0 Å². The summed E-state index contributed by atoms with van der Waals surface area (Å²) in [5, 5.41) is 11.1. The van der Waals surface area contributed by atoms with E-state index in [0.29, 0.717) is 28.0 Å². The molecule has 2 rings (SSSR count). The van der Waals surface area contributed by atoms with E-state index in [0.717, 1.165) is 0 Å². The van der Waals surface area contributed by atoms with Crippen LogP contribution in [0, 0.1) is 0 Å². The summed E-state index contributed by atoms with van der Waals surface area (Å²) in [7, 11) is 4.59. The number of aliphatic hydroxyl groups is 1. The van der Waals surface area contributed by atoms with Crippen LogP contribution in [0.1, 0.15) is 19.4 Å². The summed E-state index contributed by atoms with van der Waals surface area (Å²) in [4.78, 5) is 11.4. The van der Waals surface area contributed by atoms with Crippen LogP contribution in [-0.4, -0.2) is 38.1 Å². The van der Waals surface area contributed by atoms with Gasteiger partial charge >= 0.3 is 5.63 Å². The molecule has 1 N–H and O–H groups in total. The molecule has 0 amide bonds. The number of methoxy groups -OCH3 is 3. The molecule has 126 valence electrons. The fourth-order valence-electron chi connectivity index (χ4n) is 2.39. The zero-order valence-corrected chi connectivity index (χ0v) is 14.0. The molecule has 0 aliphatic rings. The van der Waals surface area contributed by atoms with Crippen molar-refractivity contribution in [3.63, 3.8) is 0 Å². The molecular formula is C17H22O6. The lowest BCUT2D eigenvalue weighted by Crippen LogP contribution is -2.39. The van der Waals surface area contributed by atoms with Crippen LogP contribution in [0.2, 0.25) is 0 Å². The smallest absolute Gasteiger partial charge is 0.336 e. The number of rotatable bonds is 6. The first-order chi connectivity index (χ1) is 10.8. The molecule has 0 radical (unpaired) electrons. The Kier molecular flexibility index (Phi) is 4.97. The molecule has 0 spiro atoms. The first-order valence-corrected chi connectivity index (χ1v) is 7.25. The Bertz CT molecular complexity index is 747. The lowest BCUT2D eigenvalue weighted by atomic mass is 9.93. The number of aliphatic hydroxyl groups excluding tert-OH is 1. The Hall–Kier alpha value is -2.05. The van der Waals surface area contributed by atoms with Crippen molar-refractivity contribution in [1.82, 2.24) is 0 Å². The maximum Gasteiger partial charge on any atom is 0.336 e. The molecule has 6 nitrogen and oxygen atoms in total. The topological polar surface area (TPSA) is 78.1 Å². The Morgan fingerprint density at radius 3 is 2.48 bits per heavy atom. The Labute approximate surface area is 134 Å². The van der Waals surface area contributed by atoms with Gasteiger partial charge in [0.1, 0.15) is 17.1 Å². The normalized spacial score (nSPS) is 13.1. The Balaban J connectivity index is 2.62. The average molecular weight is 322 g/mol. The molecule has 0 bridgehead atoms. The van der Waals surface area contributed by atoms with Gasteiger partial charge in [-0.3, -0.25) is 0 Å². The minimum absolute atomic E-state index is 0.266. The second-order valence-corrected chi connectivity index (χ2v) is 5.78. The maximum atomic E-state index is 11.4. The molecule has 0 aliphatic carbocycles. The molecular weight excluding hydrogens is 300 g/mol. The number of hydrogen-bond acceptors (Lipinski definition) is 6. The van der Waals surface area contributed by atoms with Crippen molar-refractivity contribution in [2.75, 3.05) is 21.3 Å². The zero-order valence-electron chi connectivity index (χ0n) is 14.0. The van der Waals surface area contributed by atoms with E-state index in [1.807, 2.05) is 0 Å². The second-order valence-electron chi connectivity index (χ2n) is 5.78. The third-order valence-electron chi connectivity index (χ3n) is 4.09. The molecule has 6 heteroatoms. The van der Waals surface area contributed by atoms with Crippen molar-refractivity contribution < 1.29 is 23.7 Å². The van der Waals surface area contributed by atoms with E-state index in [-0.39, 0.29) is 6.42 Å². The predicted molar refractivity (Wildman–Crippen MR) is 86.4 cm³/mol. The van der Waals surface area contributed by atoms with Crippen molar-refractivity contribution in [2.24, 2.45) is 0 Å². The van der Waals surface area contributed by atoms with E-state index in [9.17, 15) is 9.90 Å². The highest BCUT2D eigenvalue weighted by atomic mass is 16.5. The number of benzene rings is 1. The fraction of sp³-hybridized carbons (Fsp3) is 0.471. The quantitative estimate of drug-likeness (QED) is 0.821. The van der Waals surface area contributed by atoms with Crippen molar-refractivity contribution in [3.05, 3.63) is 34.2 Å². The second kappa shape index (κ2) is 6.60. The van der Waals surface area contributed by atoms with Gasteiger partial charge in [-0.05, 0) is 19.9 Å². The molecule has 0 saturated heterocycles. The van der Waals surface area contributed by atoms with E-state index in [2.05, 4.69) is 0 Å². The third-order valence-corrected chi connectivity index (χ3v) is 4.09. The molecule has 0 saturated carbocycles. The van der Waals surface area contributed by atoms with Gasteiger partial charge in [-0.2, -0.15) is 0 Å². The number of ether oxygens (including phenoxy) is 3. The third kappa shape index (κ3) is 3.33. The molecule has 1 aromatic carbocycles. The molecule has 0 fully saturated rings. The van der Waals surface area contributed by atoms with Gasteiger partial charge in [-0.1, -0.05) is 0 Å².